The highest BCUT2D eigenvalue weighted by Gasteiger charge is 2.09. The normalized spacial score (nSPS) is 10.5. The van der Waals surface area contributed by atoms with E-state index in [0.29, 0.717) is 13.0 Å². The van der Waals surface area contributed by atoms with Gasteiger partial charge in [-0.3, -0.25) is 4.79 Å². The number of aliphatic hydroxyl groups is 1. The summed E-state index contributed by atoms with van der Waals surface area (Å²) in [5.74, 6) is -0.0265. The number of nitrogens with zero attached hydrogens (tertiary/aromatic N) is 2. The van der Waals surface area contributed by atoms with Crippen LogP contribution in [0.4, 0.5) is 0 Å². The van der Waals surface area contributed by atoms with E-state index in [0.717, 1.165) is 34.9 Å². The molecular formula is C22H52Cl2N2O4. The number of aliphatic hydroxyl groups excluding tert-OH is 1. The molecule has 0 heterocycles. The minimum atomic E-state index is -0.0265. The van der Waals surface area contributed by atoms with Crippen LogP contribution in [0.1, 0.15) is 71.1 Å². The van der Waals surface area contributed by atoms with Crippen molar-refractivity contribution in [2.24, 2.45) is 0 Å². The van der Waals surface area contributed by atoms with Crippen molar-refractivity contribution in [3.05, 3.63) is 0 Å². The highest BCUT2D eigenvalue weighted by Crippen LogP contribution is 2.10. The molecule has 188 valence electrons. The Bertz CT molecular complexity index is 347. The highest BCUT2D eigenvalue weighted by atomic mass is 35.5. The number of rotatable bonds is 15. The number of halogens is 2. The van der Waals surface area contributed by atoms with Crippen molar-refractivity contribution in [3.63, 3.8) is 0 Å². The monoisotopic (exact) mass is 478 g/mol. The number of hydrogen-bond acceptors (Lipinski definition) is 3. The maximum absolute atomic E-state index is 11.5. The summed E-state index contributed by atoms with van der Waals surface area (Å²) in [6.07, 6.45) is 12.1. The van der Waals surface area contributed by atoms with Gasteiger partial charge in [0.15, 0.2) is 0 Å². The minimum absolute atomic E-state index is 0. The SMILES string of the molecule is CCCCCCCCCCCC(=O)OCC[N+](C)(C)C.C[N+](C)(C)CCO.O.[Cl-].[Cl-]. The molecule has 0 unspecified atom stereocenters. The number of likely N-dealkylation sites (N-methyl/N-ethyl adjacent to an activating group) is 2. The smallest absolute Gasteiger partial charge is 0.305 e. The first-order valence-corrected chi connectivity index (χ1v) is 10.9. The summed E-state index contributed by atoms with van der Waals surface area (Å²) in [6, 6.07) is 0. The standard InChI is InChI=1S/C17H36NO2.C5H14NO.2ClH.H2O/c1-5-6-7-8-9-10-11-12-13-14-17(19)20-16-15-18(2,3)4;1-6(2,3)4-5-7;;;/h5-16H2,1-4H3;7H,4-5H2,1-3H3;2*1H;1H2/q2*+1;;;/p-2. The lowest BCUT2D eigenvalue weighted by Gasteiger charge is -2.23. The van der Waals surface area contributed by atoms with Crippen LogP contribution in [0.2, 0.25) is 0 Å². The molecule has 0 rings (SSSR count). The van der Waals surface area contributed by atoms with Crippen LogP contribution in [0, 0.1) is 0 Å². The first-order valence-electron chi connectivity index (χ1n) is 10.9. The molecule has 0 bridgehead atoms. The maximum Gasteiger partial charge on any atom is 0.305 e. The Labute approximate surface area is 199 Å². The minimum Gasteiger partial charge on any atom is -1.00 e. The summed E-state index contributed by atoms with van der Waals surface area (Å²) in [5.41, 5.74) is 0. The van der Waals surface area contributed by atoms with Crippen LogP contribution < -0.4 is 24.8 Å². The van der Waals surface area contributed by atoms with Gasteiger partial charge in [0.05, 0.1) is 48.9 Å². The van der Waals surface area contributed by atoms with Gasteiger partial charge in [-0.2, -0.15) is 0 Å². The molecule has 30 heavy (non-hydrogen) atoms. The molecule has 0 saturated carbocycles. The fourth-order valence-corrected chi connectivity index (χ4v) is 2.39. The molecule has 0 aliphatic heterocycles. The zero-order valence-corrected chi connectivity index (χ0v) is 22.3. The fraction of sp³-hybridized carbons (Fsp3) is 0.955. The molecule has 0 aromatic heterocycles. The van der Waals surface area contributed by atoms with Gasteiger partial charge in [-0.25, -0.2) is 0 Å². The Morgan fingerprint density at radius 2 is 1.13 bits per heavy atom. The summed E-state index contributed by atoms with van der Waals surface area (Å²) in [4.78, 5) is 11.5. The molecule has 0 radical (unpaired) electrons. The Morgan fingerprint density at radius 1 is 0.733 bits per heavy atom. The van der Waals surface area contributed by atoms with E-state index in [1.54, 1.807) is 0 Å². The summed E-state index contributed by atoms with van der Waals surface area (Å²) in [5, 5.41) is 8.39. The molecule has 0 atom stereocenters. The summed E-state index contributed by atoms with van der Waals surface area (Å²) >= 11 is 0. The zero-order valence-electron chi connectivity index (χ0n) is 20.8. The molecule has 6 nitrogen and oxygen atoms in total. The molecule has 0 aromatic rings. The fourth-order valence-electron chi connectivity index (χ4n) is 2.39. The molecule has 0 spiro atoms. The third kappa shape index (κ3) is 42.1. The van der Waals surface area contributed by atoms with Crippen molar-refractivity contribution in [1.29, 1.82) is 0 Å². The van der Waals surface area contributed by atoms with Crippen molar-refractivity contribution in [3.8, 4) is 0 Å². The summed E-state index contributed by atoms with van der Waals surface area (Å²) in [6.45, 7) is 4.78. The molecule has 0 aromatic carbocycles. The number of ether oxygens (including phenoxy) is 1. The molecule has 0 aliphatic rings. The topological polar surface area (TPSA) is 78.0 Å². The Morgan fingerprint density at radius 3 is 1.47 bits per heavy atom. The Hall–Kier alpha value is -0.110. The van der Waals surface area contributed by atoms with Crippen molar-refractivity contribution >= 4 is 5.97 Å². The molecule has 3 N–H and O–H groups in total. The van der Waals surface area contributed by atoms with Gasteiger partial charge in [0, 0.05) is 6.42 Å². The van der Waals surface area contributed by atoms with Crippen molar-refractivity contribution in [2.45, 2.75) is 71.1 Å². The highest BCUT2D eigenvalue weighted by molar-refractivity contribution is 5.69. The zero-order chi connectivity index (χ0) is 21.2. The third-order valence-corrected chi connectivity index (χ3v) is 4.28. The first-order chi connectivity index (χ1) is 12.5. The van der Waals surface area contributed by atoms with Gasteiger partial charge in [0.1, 0.15) is 19.7 Å². The third-order valence-electron chi connectivity index (χ3n) is 4.28. The van der Waals surface area contributed by atoms with Crippen LogP contribution in [0.25, 0.3) is 0 Å². The summed E-state index contributed by atoms with van der Waals surface area (Å²) in [7, 11) is 12.5. The second kappa shape index (κ2) is 25.2. The first kappa shape index (κ1) is 40.3. The van der Waals surface area contributed by atoms with E-state index in [1.165, 1.54) is 44.9 Å². The number of carbonyl (C=O) groups is 1. The Balaban J connectivity index is -0.000000180. The van der Waals surface area contributed by atoms with Gasteiger partial charge < -0.3 is 49.1 Å². The van der Waals surface area contributed by atoms with E-state index < -0.39 is 0 Å². The quantitative estimate of drug-likeness (QED) is 0.155. The van der Waals surface area contributed by atoms with Gasteiger partial charge in [-0.05, 0) is 6.42 Å². The van der Waals surface area contributed by atoms with E-state index in [4.69, 9.17) is 9.84 Å². The predicted molar refractivity (Wildman–Crippen MR) is 119 cm³/mol. The number of unbranched alkanes of at least 4 members (excludes halogenated alkanes) is 8. The predicted octanol–water partition coefficient (Wildman–Crippen LogP) is -2.98. The molecular weight excluding hydrogens is 427 g/mol. The second-order valence-electron chi connectivity index (χ2n) is 9.55. The van der Waals surface area contributed by atoms with Gasteiger partial charge in [0.2, 0.25) is 0 Å². The van der Waals surface area contributed by atoms with E-state index in [9.17, 15) is 4.79 Å². The number of quaternary nitrogens is 2. The second-order valence-corrected chi connectivity index (χ2v) is 9.55. The van der Waals surface area contributed by atoms with Gasteiger partial charge in [0.25, 0.3) is 0 Å². The lowest BCUT2D eigenvalue weighted by Crippen LogP contribution is -3.00. The van der Waals surface area contributed by atoms with Crippen molar-refractivity contribution in [2.75, 3.05) is 68.6 Å². The molecule has 8 heteroatoms. The molecule has 0 aliphatic carbocycles. The van der Waals surface area contributed by atoms with Crippen molar-refractivity contribution < 1.29 is 53.9 Å². The molecule has 0 saturated heterocycles. The van der Waals surface area contributed by atoms with E-state index in [-0.39, 0.29) is 42.9 Å². The average molecular weight is 480 g/mol. The van der Waals surface area contributed by atoms with Crippen LogP contribution in [-0.2, 0) is 9.53 Å². The van der Waals surface area contributed by atoms with E-state index in [2.05, 4.69) is 49.2 Å². The summed E-state index contributed by atoms with van der Waals surface area (Å²) < 4.78 is 6.92. The van der Waals surface area contributed by atoms with Gasteiger partial charge in [-0.1, -0.05) is 58.3 Å². The van der Waals surface area contributed by atoms with Crippen LogP contribution in [-0.4, -0.2) is 94.1 Å². The van der Waals surface area contributed by atoms with Crippen LogP contribution >= 0.6 is 0 Å². The van der Waals surface area contributed by atoms with Crippen molar-refractivity contribution in [1.82, 2.24) is 0 Å². The van der Waals surface area contributed by atoms with Crippen LogP contribution in [0.5, 0.6) is 0 Å². The lowest BCUT2D eigenvalue weighted by atomic mass is 10.1. The van der Waals surface area contributed by atoms with Gasteiger partial charge in [-0.15, -0.1) is 0 Å². The molecule has 0 amide bonds. The number of esters is 1. The maximum atomic E-state index is 11.5. The Kier molecular flexibility index (Phi) is 33.8. The lowest BCUT2D eigenvalue weighted by molar-refractivity contribution is -0.870. The number of hydrogen-bond donors (Lipinski definition) is 1. The van der Waals surface area contributed by atoms with Gasteiger partial charge >= 0.3 is 5.97 Å². The van der Waals surface area contributed by atoms with Crippen LogP contribution in [0.15, 0.2) is 0 Å². The number of carbonyl (C=O) groups excluding carboxylic acids is 1. The largest absolute Gasteiger partial charge is 1.00 e. The van der Waals surface area contributed by atoms with E-state index >= 15 is 0 Å². The average Bonchev–Trinajstić information content (AvgIpc) is 2.51. The molecule has 0 fully saturated rings. The van der Waals surface area contributed by atoms with Crippen LogP contribution in [0.3, 0.4) is 0 Å². The van der Waals surface area contributed by atoms with E-state index in [1.807, 2.05) is 0 Å².